The van der Waals surface area contributed by atoms with E-state index < -0.39 is 0 Å². The molecule has 3 rings (SSSR count). The van der Waals surface area contributed by atoms with E-state index in [1.165, 1.54) is 0 Å². The van der Waals surface area contributed by atoms with Gasteiger partial charge in [0.1, 0.15) is 5.15 Å². The molecule has 3 nitrogen and oxygen atoms in total. The SMILES string of the molecule is Cc1cc2nc(-c3ccc(Cl)cc3)cc(Cl)n2n1. The van der Waals surface area contributed by atoms with Gasteiger partial charge < -0.3 is 0 Å². The van der Waals surface area contributed by atoms with Gasteiger partial charge in [0.15, 0.2) is 5.65 Å². The van der Waals surface area contributed by atoms with Crippen molar-refractivity contribution in [1.82, 2.24) is 14.6 Å². The van der Waals surface area contributed by atoms with Crippen LogP contribution in [0.25, 0.3) is 16.9 Å². The van der Waals surface area contributed by atoms with Gasteiger partial charge in [0, 0.05) is 22.7 Å². The molecule has 0 aliphatic rings. The molecule has 0 amide bonds. The van der Waals surface area contributed by atoms with Crippen LogP contribution in [0.15, 0.2) is 36.4 Å². The maximum Gasteiger partial charge on any atom is 0.157 e. The molecule has 5 heteroatoms. The molecule has 2 heterocycles. The number of halogens is 2. The van der Waals surface area contributed by atoms with Gasteiger partial charge in [0.05, 0.1) is 11.4 Å². The van der Waals surface area contributed by atoms with Crippen molar-refractivity contribution in [2.75, 3.05) is 0 Å². The lowest BCUT2D eigenvalue weighted by atomic mass is 10.1. The maximum atomic E-state index is 6.19. The second-order valence-electron chi connectivity index (χ2n) is 4.03. The Bertz CT molecular complexity index is 717. The zero-order valence-corrected chi connectivity index (χ0v) is 11.1. The number of hydrogen-bond donors (Lipinski definition) is 0. The third-order valence-electron chi connectivity index (χ3n) is 2.65. The lowest BCUT2D eigenvalue weighted by molar-refractivity contribution is 0.919. The molecule has 3 aromatic rings. The summed E-state index contributed by atoms with van der Waals surface area (Å²) in [6.07, 6.45) is 0. The monoisotopic (exact) mass is 277 g/mol. The van der Waals surface area contributed by atoms with Crippen molar-refractivity contribution in [2.45, 2.75) is 6.92 Å². The Balaban J connectivity index is 2.20. The summed E-state index contributed by atoms with van der Waals surface area (Å²) in [6.45, 7) is 1.91. The Kier molecular flexibility index (Phi) is 2.73. The van der Waals surface area contributed by atoms with Crippen LogP contribution in [-0.4, -0.2) is 14.6 Å². The van der Waals surface area contributed by atoms with Crippen LogP contribution in [0.2, 0.25) is 10.2 Å². The van der Waals surface area contributed by atoms with Crippen LogP contribution in [0.1, 0.15) is 5.69 Å². The summed E-state index contributed by atoms with van der Waals surface area (Å²) < 4.78 is 1.62. The number of hydrogen-bond acceptors (Lipinski definition) is 2. The molecule has 18 heavy (non-hydrogen) atoms. The predicted molar refractivity (Wildman–Crippen MR) is 73.2 cm³/mol. The van der Waals surface area contributed by atoms with Crippen LogP contribution in [-0.2, 0) is 0 Å². The van der Waals surface area contributed by atoms with Gasteiger partial charge in [-0.3, -0.25) is 0 Å². The third-order valence-corrected chi connectivity index (χ3v) is 3.17. The summed E-state index contributed by atoms with van der Waals surface area (Å²) in [4.78, 5) is 4.53. The van der Waals surface area contributed by atoms with Crippen LogP contribution in [0.4, 0.5) is 0 Å². The molecule has 0 bridgehead atoms. The van der Waals surface area contributed by atoms with Gasteiger partial charge in [0.2, 0.25) is 0 Å². The molecule has 0 unspecified atom stereocenters. The van der Waals surface area contributed by atoms with Crippen LogP contribution in [0.5, 0.6) is 0 Å². The molecule has 0 aliphatic heterocycles. The number of rotatable bonds is 1. The summed E-state index contributed by atoms with van der Waals surface area (Å²) in [5.74, 6) is 0. The minimum absolute atomic E-state index is 0.540. The summed E-state index contributed by atoms with van der Waals surface area (Å²) in [5, 5.41) is 5.50. The van der Waals surface area contributed by atoms with Gasteiger partial charge in [0.25, 0.3) is 0 Å². The van der Waals surface area contributed by atoms with Gasteiger partial charge in [-0.25, -0.2) is 9.50 Å². The minimum atomic E-state index is 0.540. The summed E-state index contributed by atoms with van der Waals surface area (Å²) in [5.41, 5.74) is 3.41. The molecule has 2 aromatic heterocycles. The molecule has 0 atom stereocenters. The highest BCUT2D eigenvalue weighted by atomic mass is 35.5. The van der Waals surface area contributed by atoms with Crippen molar-refractivity contribution < 1.29 is 0 Å². The van der Waals surface area contributed by atoms with E-state index in [1.54, 1.807) is 10.6 Å². The van der Waals surface area contributed by atoms with Crippen molar-refractivity contribution in [3.63, 3.8) is 0 Å². The summed E-state index contributed by atoms with van der Waals surface area (Å²) in [7, 11) is 0. The second kappa shape index (κ2) is 4.26. The van der Waals surface area contributed by atoms with E-state index in [9.17, 15) is 0 Å². The average Bonchev–Trinajstić information content (AvgIpc) is 2.71. The maximum absolute atomic E-state index is 6.19. The number of nitrogens with zero attached hydrogens (tertiary/aromatic N) is 3. The Morgan fingerprint density at radius 2 is 1.78 bits per heavy atom. The van der Waals surface area contributed by atoms with Gasteiger partial charge in [-0.1, -0.05) is 35.3 Å². The Morgan fingerprint density at radius 3 is 2.50 bits per heavy atom. The fourth-order valence-electron chi connectivity index (χ4n) is 1.82. The molecular formula is C13H9Cl2N3. The topological polar surface area (TPSA) is 30.2 Å². The van der Waals surface area contributed by atoms with Crippen LogP contribution in [0.3, 0.4) is 0 Å². The van der Waals surface area contributed by atoms with Crippen LogP contribution in [0, 0.1) is 6.92 Å². The quantitative estimate of drug-likeness (QED) is 0.629. The standard InChI is InChI=1S/C13H9Cl2N3/c1-8-6-13-16-11(7-12(15)18(13)17-8)9-2-4-10(14)5-3-9/h2-7H,1H3. The van der Waals surface area contributed by atoms with Crippen molar-refractivity contribution in [3.05, 3.63) is 52.3 Å². The number of fused-ring (bicyclic) bond motifs is 1. The van der Waals surface area contributed by atoms with E-state index >= 15 is 0 Å². The molecule has 0 radical (unpaired) electrons. The van der Waals surface area contributed by atoms with E-state index in [0.717, 1.165) is 22.6 Å². The highest BCUT2D eigenvalue weighted by Gasteiger charge is 2.07. The zero-order chi connectivity index (χ0) is 12.7. The zero-order valence-electron chi connectivity index (χ0n) is 9.56. The highest BCUT2D eigenvalue weighted by molar-refractivity contribution is 6.30. The molecule has 0 saturated heterocycles. The average molecular weight is 278 g/mol. The summed E-state index contributed by atoms with van der Waals surface area (Å²) >= 11 is 12.1. The Labute approximate surface area is 114 Å². The normalized spacial score (nSPS) is 11.1. The van der Waals surface area contributed by atoms with Gasteiger partial charge >= 0.3 is 0 Å². The molecule has 0 saturated carbocycles. The lowest BCUT2D eigenvalue weighted by Gasteiger charge is -2.03. The largest absolute Gasteiger partial charge is 0.228 e. The number of aromatic nitrogens is 3. The van der Waals surface area contributed by atoms with Crippen molar-refractivity contribution in [1.29, 1.82) is 0 Å². The predicted octanol–water partition coefficient (Wildman–Crippen LogP) is 4.01. The van der Waals surface area contributed by atoms with E-state index in [4.69, 9.17) is 23.2 Å². The third kappa shape index (κ3) is 1.96. The number of aryl methyl sites for hydroxylation is 1. The van der Waals surface area contributed by atoms with Crippen molar-refractivity contribution in [3.8, 4) is 11.3 Å². The van der Waals surface area contributed by atoms with E-state index in [-0.39, 0.29) is 0 Å². The lowest BCUT2D eigenvalue weighted by Crippen LogP contribution is -1.94. The molecular weight excluding hydrogens is 269 g/mol. The first-order valence-corrected chi connectivity index (χ1v) is 6.18. The second-order valence-corrected chi connectivity index (χ2v) is 4.85. The first-order valence-electron chi connectivity index (χ1n) is 5.42. The van der Waals surface area contributed by atoms with Crippen molar-refractivity contribution in [2.24, 2.45) is 0 Å². The Morgan fingerprint density at radius 1 is 1.06 bits per heavy atom. The number of benzene rings is 1. The first-order chi connectivity index (χ1) is 8.63. The van der Waals surface area contributed by atoms with Gasteiger partial charge in [-0.15, -0.1) is 0 Å². The van der Waals surface area contributed by atoms with Gasteiger partial charge in [-0.2, -0.15) is 5.10 Å². The molecule has 0 N–H and O–H groups in total. The Hall–Kier alpha value is -1.58. The van der Waals surface area contributed by atoms with E-state index in [2.05, 4.69) is 10.1 Å². The molecule has 0 fully saturated rings. The van der Waals surface area contributed by atoms with E-state index in [0.29, 0.717) is 10.2 Å². The molecule has 0 aliphatic carbocycles. The molecule has 90 valence electrons. The smallest absolute Gasteiger partial charge is 0.157 e. The van der Waals surface area contributed by atoms with Gasteiger partial charge in [-0.05, 0) is 19.1 Å². The molecule has 1 aromatic carbocycles. The first kappa shape index (κ1) is 11.5. The summed E-state index contributed by atoms with van der Waals surface area (Å²) in [6, 6.07) is 11.2. The van der Waals surface area contributed by atoms with Crippen molar-refractivity contribution >= 4 is 28.8 Å². The molecule has 0 spiro atoms. The highest BCUT2D eigenvalue weighted by Crippen LogP contribution is 2.23. The van der Waals surface area contributed by atoms with Crippen LogP contribution < -0.4 is 0 Å². The minimum Gasteiger partial charge on any atom is -0.228 e. The van der Waals surface area contributed by atoms with Crippen LogP contribution >= 0.6 is 23.2 Å². The fraction of sp³-hybridized carbons (Fsp3) is 0.0769. The fourth-order valence-corrected chi connectivity index (χ4v) is 2.17. The van der Waals surface area contributed by atoms with E-state index in [1.807, 2.05) is 37.3 Å².